The molecule has 0 fully saturated rings. The summed E-state index contributed by atoms with van der Waals surface area (Å²) < 4.78 is 13.5. The number of rotatable bonds is 6. The van der Waals surface area contributed by atoms with Crippen LogP contribution in [0, 0.1) is 5.82 Å². The number of unbranched alkanes of at least 4 members (excludes halogenated alkanes) is 1. The minimum absolute atomic E-state index is 0.174. The molecule has 0 spiro atoms. The Kier molecular flexibility index (Phi) is 8.62. The molecule has 4 rings (SSSR count). The number of aryl methyl sites for hydroxylation is 1. The highest BCUT2D eigenvalue weighted by Crippen LogP contribution is 2.44. The average molecular weight is 427 g/mol. The molecule has 0 N–H and O–H groups in total. The lowest BCUT2D eigenvalue weighted by atomic mass is 9.69. The first-order valence-electron chi connectivity index (χ1n) is 11.8. The first-order chi connectivity index (χ1) is 15.6. The van der Waals surface area contributed by atoms with Crippen molar-refractivity contribution in [3.8, 4) is 0 Å². The third-order valence-corrected chi connectivity index (χ3v) is 6.48. The maximum absolute atomic E-state index is 13.5. The minimum atomic E-state index is -0.174. The molecule has 1 aliphatic carbocycles. The van der Waals surface area contributed by atoms with Crippen LogP contribution in [0.5, 0.6) is 0 Å². The van der Waals surface area contributed by atoms with Gasteiger partial charge in [0.05, 0.1) is 0 Å². The molecular formula is C31H35F. The van der Waals surface area contributed by atoms with E-state index in [0.29, 0.717) is 11.8 Å². The highest BCUT2D eigenvalue weighted by Gasteiger charge is 2.31. The van der Waals surface area contributed by atoms with Crippen molar-refractivity contribution in [1.82, 2.24) is 0 Å². The largest absolute Gasteiger partial charge is 0.207 e. The summed E-state index contributed by atoms with van der Waals surface area (Å²) in [5.74, 6) is 0.594. The summed E-state index contributed by atoms with van der Waals surface area (Å²) in [6.07, 6.45) is 9.52. The molecule has 1 heteroatoms. The van der Waals surface area contributed by atoms with Crippen LogP contribution in [-0.4, -0.2) is 0 Å². The standard InChI is InChI=1S/C27H25F.C4H10/c1-3-19-5-7-21(8-6-19)18-27-25(22-10-13-24(28)14-11-22)16-12-23-17-20(4-2)9-15-26(23)27;1-3-4-2/h3-11,13-15,17,25,27H,1-2,12,16,18H2;3-4H2,1-2H3. The number of hydrogen-bond acceptors (Lipinski definition) is 0. The Balaban J connectivity index is 0.000000668. The van der Waals surface area contributed by atoms with Crippen LogP contribution in [0.25, 0.3) is 12.2 Å². The van der Waals surface area contributed by atoms with E-state index in [1.165, 1.54) is 40.7 Å². The first-order valence-corrected chi connectivity index (χ1v) is 11.8. The fourth-order valence-electron chi connectivity index (χ4n) is 4.46. The van der Waals surface area contributed by atoms with Crippen molar-refractivity contribution in [2.75, 3.05) is 0 Å². The Morgan fingerprint density at radius 2 is 1.47 bits per heavy atom. The Bertz CT molecular complexity index is 1010. The van der Waals surface area contributed by atoms with Gasteiger partial charge in [-0.3, -0.25) is 0 Å². The molecule has 3 aromatic carbocycles. The van der Waals surface area contributed by atoms with Gasteiger partial charge in [0, 0.05) is 0 Å². The summed E-state index contributed by atoms with van der Waals surface area (Å²) in [6.45, 7) is 12.1. The Hall–Kier alpha value is -2.93. The fourth-order valence-corrected chi connectivity index (χ4v) is 4.46. The Morgan fingerprint density at radius 1 is 0.844 bits per heavy atom. The Morgan fingerprint density at radius 3 is 2.06 bits per heavy atom. The molecule has 2 unspecified atom stereocenters. The van der Waals surface area contributed by atoms with E-state index >= 15 is 0 Å². The van der Waals surface area contributed by atoms with Gasteiger partial charge in [-0.15, -0.1) is 0 Å². The predicted molar refractivity (Wildman–Crippen MR) is 138 cm³/mol. The van der Waals surface area contributed by atoms with E-state index < -0.39 is 0 Å². The molecule has 0 bridgehead atoms. The van der Waals surface area contributed by atoms with E-state index in [1.807, 2.05) is 24.3 Å². The average Bonchev–Trinajstić information content (AvgIpc) is 2.85. The van der Waals surface area contributed by atoms with E-state index in [0.717, 1.165) is 24.8 Å². The minimum Gasteiger partial charge on any atom is -0.207 e. The second-order valence-corrected chi connectivity index (χ2v) is 8.62. The zero-order valence-electron chi connectivity index (χ0n) is 19.5. The van der Waals surface area contributed by atoms with Crippen molar-refractivity contribution in [1.29, 1.82) is 0 Å². The van der Waals surface area contributed by atoms with Gasteiger partial charge in [0.2, 0.25) is 0 Å². The molecule has 0 saturated heterocycles. The summed E-state index contributed by atoms with van der Waals surface area (Å²) in [6, 6.07) is 22.4. The van der Waals surface area contributed by atoms with Crippen LogP contribution in [0.4, 0.5) is 4.39 Å². The highest BCUT2D eigenvalue weighted by atomic mass is 19.1. The second kappa shape index (κ2) is 11.6. The van der Waals surface area contributed by atoms with Crippen molar-refractivity contribution < 1.29 is 4.39 Å². The van der Waals surface area contributed by atoms with Crippen LogP contribution in [-0.2, 0) is 12.8 Å². The molecule has 3 aromatic rings. The van der Waals surface area contributed by atoms with Crippen LogP contribution in [0.1, 0.15) is 78.3 Å². The van der Waals surface area contributed by atoms with Crippen LogP contribution < -0.4 is 0 Å². The van der Waals surface area contributed by atoms with Crippen molar-refractivity contribution in [3.63, 3.8) is 0 Å². The van der Waals surface area contributed by atoms with Crippen molar-refractivity contribution in [3.05, 3.63) is 119 Å². The van der Waals surface area contributed by atoms with E-state index in [-0.39, 0.29) is 5.82 Å². The van der Waals surface area contributed by atoms with Crippen LogP contribution in [0.15, 0.2) is 79.9 Å². The zero-order chi connectivity index (χ0) is 22.9. The molecule has 166 valence electrons. The van der Waals surface area contributed by atoms with Crippen LogP contribution in [0.3, 0.4) is 0 Å². The first kappa shape index (κ1) is 23.7. The lowest BCUT2D eigenvalue weighted by molar-refractivity contribution is 0.470. The zero-order valence-corrected chi connectivity index (χ0v) is 19.5. The quantitative estimate of drug-likeness (QED) is 0.369. The van der Waals surface area contributed by atoms with Gasteiger partial charge in [-0.25, -0.2) is 4.39 Å². The van der Waals surface area contributed by atoms with E-state index in [4.69, 9.17) is 0 Å². The molecule has 0 radical (unpaired) electrons. The molecule has 0 amide bonds. The summed E-state index contributed by atoms with van der Waals surface area (Å²) in [5.41, 5.74) is 7.70. The van der Waals surface area contributed by atoms with Gasteiger partial charge >= 0.3 is 0 Å². The van der Waals surface area contributed by atoms with Crippen molar-refractivity contribution in [2.24, 2.45) is 0 Å². The lowest BCUT2D eigenvalue weighted by Gasteiger charge is -2.34. The molecule has 32 heavy (non-hydrogen) atoms. The van der Waals surface area contributed by atoms with E-state index in [9.17, 15) is 4.39 Å². The number of hydrogen-bond donors (Lipinski definition) is 0. The molecule has 0 saturated carbocycles. The van der Waals surface area contributed by atoms with E-state index in [2.05, 4.69) is 69.5 Å². The summed E-state index contributed by atoms with van der Waals surface area (Å²) in [4.78, 5) is 0. The number of benzene rings is 3. The lowest BCUT2D eigenvalue weighted by Crippen LogP contribution is -2.21. The van der Waals surface area contributed by atoms with Gasteiger partial charge in [0.25, 0.3) is 0 Å². The third-order valence-electron chi connectivity index (χ3n) is 6.48. The van der Waals surface area contributed by atoms with Gasteiger partial charge < -0.3 is 0 Å². The van der Waals surface area contributed by atoms with Gasteiger partial charge in [0.15, 0.2) is 0 Å². The molecule has 0 heterocycles. The molecule has 1 aliphatic rings. The third kappa shape index (κ3) is 5.85. The molecule has 0 nitrogen and oxygen atoms in total. The second-order valence-electron chi connectivity index (χ2n) is 8.62. The van der Waals surface area contributed by atoms with Gasteiger partial charge in [0.1, 0.15) is 5.82 Å². The highest BCUT2D eigenvalue weighted by molar-refractivity contribution is 5.52. The van der Waals surface area contributed by atoms with Gasteiger partial charge in [-0.1, -0.05) is 107 Å². The van der Waals surface area contributed by atoms with Crippen LogP contribution >= 0.6 is 0 Å². The van der Waals surface area contributed by atoms with Gasteiger partial charge in [-0.2, -0.15) is 0 Å². The van der Waals surface area contributed by atoms with Crippen LogP contribution in [0.2, 0.25) is 0 Å². The Labute approximate surface area is 193 Å². The summed E-state index contributed by atoms with van der Waals surface area (Å²) >= 11 is 0. The summed E-state index contributed by atoms with van der Waals surface area (Å²) in [7, 11) is 0. The number of halogens is 1. The maximum atomic E-state index is 13.5. The topological polar surface area (TPSA) is 0 Å². The maximum Gasteiger partial charge on any atom is 0.123 e. The molecular weight excluding hydrogens is 391 g/mol. The molecule has 2 atom stereocenters. The summed E-state index contributed by atoms with van der Waals surface area (Å²) in [5, 5.41) is 0. The van der Waals surface area contributed by atoms with Gasteiger partial charge in [-0.05, 0) is 76.6 Å². The smallest absolute Gasteiger partial charge is 0.123 e. The SMILES string of the molecule is C=Cc1ccc(CC2c3ccc(C=C)cc3CCC2c2ccc(F)cc2)cc1.CCCC. The van der Waals surface area contributed by atoms with Crippen molar-refractivity contribution >= 4 is 12.2 Å². The normalized spacial score (nSPS) is 17.0. The predicted octanol–water partition coefficient (Wildman–Crippen LogP) is 8.97. The monoisotopic (exact) mass is 426 g/mol. The van der Waals surface area contributed by atoms with Crippen molar-refractivity contribution in [2.45, 2.75) is 57.8 Å². The molecule has 0 aliphatic heterocycles. The number of fused-ring (bicyclic) bond motifs is 1. The molecule has 0 aromatic heterocycles. The fraction of sp³-hybridized carbons (Fsp3) is 0.290. The van der Waals surface area contributed by atoms with E-state index in [1.54, 1.807) is 12.1 Å².